The van der Waals surface area contributed by atoms with Gasteiger partial charge in [0.15, 0.2) is 6.29 Å². The molecule has 0 aromatic carbocycles. The van der Waals surface area contributed by atoms with Crippen molar-refractivity contribution in [2.45, 2.75) is 20.3 Å². The first-order chi connectivity index (χ1) is 6.67. The number of anilines is 1. The van der Waals surface area contributed by atoms with Gasteiger partial charge in [-0.2, -0.15) is 0 Å². The maximum atomic E-state index is 10.5. The third-order valence-corrected chi connectivity index (χ3v) is 3.29. The van der Waals surface area contributed by atoms with E-state index in [9.17, 15) is 4.79 Å². The number of rotatable bonds is 5. The second-order valence-electron chi connectivity index (χ2n) is 3.72. The summed E-state index contributed by atoms with van der Waals surface area (Å²) in [5.41, 5.74) is 1.15. The Bertz CT molecular complexity index is 295. The molecule has 2 nitrogen and oxygen atoms in total. The number of nitrogens with zero attached hydrogens (tertiary/aromatic N) is 1. The third-order valence-electron chi connectivity index (χ3n) is 2.45. The monoisotopic (exact) mass is 211 g/mol. The maximum absolute atomic E-state index is 10.5. The predicted molar refractivity (Wildman–Crippen MR) is 62.4 cm³/mol. The van der Waals surface area contributed by atoms with E-state index in [0.717, 1.165) is 23.4 Å². The predicted octanol–water partition coefficient (Wildman–Crippen LogP) is 3.04. The molecule has 0 spiro atoms. The van der Waals surface area contributed by atoms with Crippen molar-refractivity contribution in [3.8, 4) is 0 Å². The largest absolute Gasteiger partial charge is 0.374 e. The van der Waals surface area contributed by atoms with Gasteiger partial charge in [-0.25, -0.2) is 0 Å². The van der Waals surface area contributed by atoms with Gasteiger partial charge in [0.1, 0.15) is 0 Å². The van der Waals surface area contributed by atoms with Crippen LogP contribution in [0.2, 0.25) is 0 Å². The first-order valence-corrected chi connectivity index (χ1v) is 5.80. The fraction of sp³-hybridized carbons (Fsp3) is 0.545. The van der Waals surface area contributed by atoms with Crippen molar-refractivity contribution in [1.29, 1.82) is 0 Å². The summed E-state index contributed by atoms with van der Waals surface area (Å²) in [7, 11) is 2.07. The van der Waals surface area contributed by atoms with E-state index in [0.29, 0.717) is 5.92 Å². The lowest BCUT2D eigenvalue weighted by atomic mass is 10.1. The molecule has 78 valence electrons. The molecule has 0 saturated heterocycles. The lowest BCUT2D eigenvalue weighted by Gasteiger charge is -2.21. The van der Waals surface area contributed by atoms with Crippen molar-refractivity contribution in [1.82, 2.24) is 0 Å². The highest BCUT2D eigenvalue weighted by Crippen LogP contribution is 2.21. The van der Waals surface area contributed by atoms with Crippen molar-refractivity contribution in [2.75, 3.05) is 18.5 Å². The van der Waals surface area contributed by atoms with Gasteiger partial charge in [0.05, 0.1) is 4.88 Å². The molecule has 0 aliphatic heterocycles. The number of hydrogen-bond acceptors (Lipinski definition) is 3. The Hall–Kier alpha value is -0.830. The Labute approximate surface area is 89.5 Å². The molecular weight excluding hydrogens is 194 g/mol. The average Bonchev–Trinajstić information content (AvgIpc) is 2.65. The van der Waals surface area contributed by atoms with Gasteiger partial charge in [-0.15, -0.1) is 11.3 Å². The minimum absolute atomic E-state index is 0.694. The van der Waals surface area contributed by atoms with E-state index in [1.54, 1.807) is 0 Å². The van der Waals surface area contributed by atoms with Crippen LogP contribution in [0, 0.1) is 5.92 Å². The van der Waals surface area contributed by atoms with E-state index in [1.807, 2.05) is 11.4 Å². The molecule has 0 aliphatic carbocycles. The van der Waals surface area contributed by atoms with Gasteiger partial charge in [0, 0.05) is 24.7 Å². The third kappa shape index (κ3) is 2.84. The molecule has 1 atom stereocenters. The van der Waals surface area contributed by atoms with Crippen LogP contribution in [0.5, 0.6) is 0 Å². The highest BCUT2D eigenvalue weighted by atomic mass is 32.1. The summed E-state index contributed by atoms with van der Waals surface area (Å²) in [6.45, 7) is 5.48. The van der Waals surface area contributed by atoms with Crippen LogP contribution in [-0.2, 0) is 0 Å². The number of carbonyl (C=O) groups excluding carboxylic acids is 1. The van der Waals surface area contributed by atoms with Crippen LogP contribution in [0.25, 0.3) is 0 Å². The molecule has 1 unspecified atom stereocenters. The summed E-state index contributed by atoms with van der Waals surface area (Å²) >= 11 is 1.50. The van der Waals surface area contributed by atoms with Crippen LogP contribution in [0.3, 0.4) is 0 Å². The number of aldehydes is 1. The molecule has 1 rings (SSSR count). The van der Waals surface area contributed by atoms with E-state index >= 15 is 0 Å². The molecule has 0 amide bonds. The SMILES string of the molecule is CCC(C)CN(C)c1csc(C=O)c1. The zero-order valence-electron chi connectivity index (χ0n) is 8.99. The molecule has 14 heavy (non-hydrogen) atoms. The number of hydrogen-bond donors (Lipinski definition) is 0. The zero-order chi connectivity index (χ0) is 10.6. The van der Waals surface area contributed by atoms with Gasteiger partial charge in [-0.05, 0) is 12.0 Å². The van der Waals surface area contributed by atoms with E-state index in [2.05, 4.69) is 25.8 Å². The molecule has 3 heteroatoms. The van der Waals surface area contributed by atoms with Gasteiger partial charge in [0.25, 0.3) is 0 Å². The topological polar surface area (TPSA) is 20.3 Å². The molecule has 0 aliphatic rings. The molecule has 1 aromatic heterocycles. The van der Waals surface area contributed by atoms with Crippen LogP contribution in [0.1, 0.15) is 29.9 Å². The summed E-state index contributed by atoms with van der Waals surface area (Å²) in [4.78, 5) is 13.5. The molecule has 0 radical (unpaired) electrons. The second kappa shape index (κ2) is 5.15. The van der Waals surface area contributed by atoms with Crippen molar-refractivity contribution < 1.29 is 4.79 Å². The Morgan fingerprint density at radius 1 is 1.64 bits per heavy atom. The van der Waals surface area contributed by atoms with Gasteiger partial charge in [-0.3, -0.25) is 4.79 Å². The minimum Gasteiger partial charge on any atom is -0.374 e. The fourth-order valence-corrected chi connectivity index (χ4v) is 2.06. The zero-order valence-corrected chi connectivity index (χ0v) is 9.80. The van der Waals surface area contributed by atoms with Crippen molar-refractivity contribution in [3.63, 3.8) is 0 Å². The highest BCUT2D eigenvalue weighted by molar-refractivity contribution is 7.12. The maximum Gasteiger partial charge on any atom is 0.160 e. The quantitative estimate of drug-likeness (QED) is 0.698. The smallest absolute Gasteiger partial charge is 0.160 e. The Morgan fingerprint density at radius 2 is 2.36 bits per heavy atom. The number of thiophene rings is 1. The molecule has 0 saturated carbocycles. The van der Waals surface area contributed by atoms with E-state index in [1.165, 1.54) is 17.8 Å². The molecule has 1 aromatic rings. The Balaban J connectivity index is 2.59. The average molecular weight is 211 g/mol. The molecule has 0 fully saturated rings. The van der Waals surface area contributed by atoms with E-state index < -0.39 is 0 Å². The minimum atomic E-state index is 0.694. The van der Waals surface area contributed by atoms with Crippen molar-refractivity contribution in [2.24, 2.45) is 5.92 Å². The molecular formula is C11H17NOS. The van der Waals surface area contributed by atoms with E-state index in [4.69, 9.17) is 0 Å². The van der Waals surface area contributed by atoms with Gasteiger partial charge in [0.2, 0.25) is 0 Å². The first kappa shape index (κ1) is 11.2. The van der Waals surface area contributed by atoms with Crippen LogP contribution < -0.4 is 4.90 Å². The van der Waals surface area contributed by atoms with Crippen LogP contribution >= 0.6 is 11.3 Å². The van der Waals surface area contributed by atoms with Crippen LogP contribution in [-0.4, -0.2) is 19.9 Å². The summed E-state index contributed by atoms with van der Waals surface area (Å²) in [6.07, 6.45) is 2.10. The summed E-state index contributed by atoms with van der Waals surface area (Å²) < 4.78 is 0. The summed E-state index contributed by atoms with van der Waals surface area (Å²) in [5.74, 6) is 0.694. The second-order valence-corrected chi connectivity index (χ2v) is 4.66. The standard InChI is InChI=1S/C11H17NOS/c1-4-9(2)6-12(3)10-5-11(7-13)14-8-10/h5,7-9H,4,6H2,1-3H3. The van der Waals surface area contributed by atoms with Crippen molar-refractivity contribution >= 4 is 23.3 Å². The normalized spacial score (nSPS) is 12.5. The Kier molecular flexibility index (Phi) is 4.14. The van der Waals surface area contributed by atoms with Crippen molar-refractivity contribution in [3.05, 3.63) is 16.3 Å². The van der Waals surface area contributed by atoms with Crippen LogP contribution in [0.4, 0.5) is 5.69 Å². The summed E-state index contributed by atoms with van der Waals surface area (Å²) in [5, 5.41) is 2.03. The Morgan fingerprint density at radius 3 is 2.86 bits per heavy atom. The molecule has 1 heterocycles. The highest BCUT2D eigenvalue weighted by Gasteiger charge is 2.07. The fourth-order valence-electron chi connectivity index (χ4n) is 1.31. The molecule has 0 N–H and O–H groups in total. The molecule has 0 bridgehead atoms. The lowest BCUT2D eigenvalue weighted by molar-refractivity contribution is 0.112. The van der Waals surface area contributed by atoms with E-state index in [-0.39, 0.29) is 0 Å². The number of carbonyl (C=O) groups is 1. The van der Waals surface area contributed by atoms with Crippen LogP contribution in [0.15, 0.2) is 11.4 Å². The summed E-state index contributed by atoms with van der Waals surface area (Å²) in [6, 6.07) is 1.94. The first-order valence-electron chi connectivity index (χ1n) is 4.92. The van der Waals surface area contributed by atoms with Gasteiger partial charge in [-0.1, -0.05) is 20.3 Å². The van der Waals surface area contributed by atoms with Gasteiger partial charge >= 0.3 is 0 Å². The lowest BCUT2D eigenvalue weighted by Crippen LogP contribution is -2.22. The van der Waals surface area contributed by atoms with Gasteiger partial charge < -0.3 is 4.90 Å².